The average Bonchev–Trinajstić information content (AvgIpc) is 2.65. The third-order valence-corrected chi connectivity index (χ3v) is 5.82. The van der Waals surface area contributed by atoms with Crippen LogP contribution >= 0.6 is 11.6 Å². The van der Waals surface area contributed by atoms with E-state index in [1.807, 2.05) is 0 Å². The van der Waals surface area contributed by atoms with Crippen LogP contribution in [0.4, 0.5) is 4.39 Å². The highest BCUT2D eigenvalue weighted by Crippen LogP contribution is 2.38. The van der Waals surface area contributed by atoms with Gasteiger partial charge in [-0.1, -0.05) is 35.9 Å². The Morgan fingerprint density at radius 2 is 2.00 bits per heavy atom. The number of likely N-dealkylation sites (tertiary alicyclic amines) is 1. The number of nitrogens with zero attached hydrogens (tertiary/aromatic N) is 1. The molecular weight excluding hydrogens is 351 g/mol. The number of aryl methyl sites for hydroxylation is 1. The summed E-state index contributed by atoms with van der Waals surface area (Å²) in [6.07, 6.45) is 4.17. The molecule has 2 unspecified atom stereocenters. The fraction of sp³-hybridized carbons (Fsp3) is 0.429. The number of hydrogen-bond donors (Lipinski definition) is 1. The zero-order valence-electron chi connectivity index (χ0n) is 14.7. The SMILES string of the molecule is N[C@@H]1CCCN(C2CCc3ccccc3C2Oc2ccc(F)c(Cl)c2)C1. The van der Waals surface area contributed by atoms with Gasteiger partial charge in [0.2, 0.25) is 0 Å². The van der Waals surface area contributed by atoms with Crippen molar-refractivity contribution in [2.75, 3.05) is 13.1 Å². The largest absolute Gasteiger partial charge is 0.484 e. The van der Waals surface area contributed by atoms with Crippen molar-refractivity contribution in [1.82, 2.24) is 4.90 Å². The fourth-order valence-corrected chi connectivity index (χ4v) is 4.43. The Hall–Kier alpha value is -1.62. The predicted octanol–water partition coefficient (Wildman–Crippen LogP) is 4.34. The average molecular weight is 375 g/mol. The molecule has 0 bridgehead atoms. The highest BCUT2D eigenvalue weighted by Gasteiger charge is 2.36. The second kappa shape index (κ2) is 7.55. The molecule has 3 atom stereocenters. The number of piperidine rings is 1. The Morgan fingerprint density at radius 3 is 2.81 bits per heavy atom. The first-order valence-corrected chi connectivity index (χ1v) is 9.69. The molecule has 3 nitrogen and oxygen atoms in total. The molecule has 4 rings (SSSR count). The summed E-state index contributed by atoms with van der Waals surface area (Å²) in [5.74, 6) is 0.172. The van der Waals surface area contributed by atoms with Gasteiger partial charge in [-0.2, -0.15) is 0 Å². The summed E-state index contributed by atoms with van der Waals surface area (Å²) in [5.41, 5.74) is 8.75. The highest BCUT2D eigenvalue weighted by molar-refractivity contribution is 6.30. The summed E-state index contributed by atoms with van der Waals surface area (Å²) in [4.78, 5) is 2.47. The minimum absolute atomic E-state index is 0.0862. The van der Waals surface area contributed by atoms with E-state index < -0.39 is 5.82 Å². The highest BCUT2D eigenvalue weighted by atomic mass is 35.5. The van der Waals surface area contributed by atoms with Crippen molar-refractivity contribution in [3.63, 3.8) is 0 Å². The quantitative estimate of drug-likeness (QED) is 0.868. The van der Waals surface area contributed by atoms with E-state index in [9.17, 15) is 4.39 Å². The minimum Gasteiger partial charge on any atom is -0.484 e. The Morgan fingerprint density at radius 1 is 1.15 bits per heavy atom. The molecule has 2 aliphatic rings. The van der Waals surface area contributed by atoms with Crippen LogP contribution < -0.4 is 10.5 Å². The molecule has 138 valence electrons. The number of ether oxygens (including phenoxy) is 1. The smallest absolute Gasteiger partial charge is 0.142 e. The molecule has 2 N–H and O–H groups in total. The molecule has 2 aromatic rings. The molecule has 1 heterocycles. The second-order valence-corrected chi connectivity index (χ2v) is 7.72. The van der Waals surface area contributed by atoms with Gasteiger partial charge < -0.3 is 10.5 Å². The van der Waals surface area contributed by atoms with Crippen molar-refractivity contribution in [1.29, 1.82) is 0 Å². The maximum atomic E-state index is 13.5. The number of benzene rings is 2. The van der Waals surface area contributed by atoms with Gasteiger partial charge in [-0.25, -0.2) is 4.39 Å². The molecule has 2 aromatic carbocycles. The van der Waals surface area contributed by atoms with Crippen LogP contribution in [0.25, 0.3) is 0 Å². The monoisotopic (exact) mass is 374 g/mol. The molecule has 5 heteroatoms. The van der Waals surface area contributed by atoms with Gasteiger partial charge in [0.05, 0.1) is 11.1 Å². The van der Waals surface area contributed by atoms with Crippen LogP contribution in [-0.2, 0) is 6.42 Å². The molecule has 0 spiro atoms. The van der Waals surface area contributed by atoms with E-state index in [0.717, 1.165) is 38.8 Å². The zero-order valence-corrected chi connectivity index (χ0v) is 15.5. The van der Waals surface area contributed by atoms with E-state index in [0.29, 0.717) is 5.75 Å². The number of halogens is 2. The Labute approximate surface area is 158 Å². The van der Waals surface area contributed by atoms with E-state index in [4.69, 9.17) is 22.1 Å². The van der Waals surface area contributed by atoms with Gasteiger partial charge in [-0.3, -0.25) is 4.90 Å². The summed E-state index contributed by atoms with van der Waals surface area (Å²) in [6, 6.07) is 13.5. The van der Waals surface area contributed by atoms with E-state index in [-0.39, 0.29) is 23.2 Å². The van der Waals surface area contributed by atoms with Gasteiger partial charge in [0.15, 0.2) is 0 Å². The fourth-order valence-electron chi connectivity index (χ4n) is 4.26. The molecule has 1 aliphatic carbocycles. The van der Waals surface area contributed by atoms with Crippen LogP contribution in [0, 0.1) is 5.82 Å². The third kappa shape index (κ3) is 3.59. The van der Waals surface area contributed by atoms with Crippen molar-refractivity contribution in [2.45, 2.75) is 43.9 Å². The van der Waals surface area contributed by atoms with E-state index in [1.54, 1.807) is 12.1 Å². The first-order valence-electron chi connectivity index (χ1n) is 9.31. The molecule has 0 aromatic heterocycles. The van der Waals surface area contributed by atoms with Gasteiger partial charge >= 0.3 is 0 Å². The number of hydrogen-bond acceptors (Lipinski definition) is 3. The lowest BCUT2D eigenvalue weighted by Gasteiger charge is -2.43. The number of fused-ring (bicyclic) bond motifs is 1. The second-order valence-electron chi connectivity index (χ2n) is 7.32. The van der Waals surface area contributed by atoms with Gasteiger partial charge in [-0.15, -0.1) is 0 Å². The van der Waals surface area contributed by atoms with E-state index in [2.05, 4.69) is 29.2 Å². The predicted molar refractivity (Wildman–Crippen MR) is 102 cm³/mol. The summed E-state index contributed by atoms with van der Waals surface area (Å²) >= 11 is 5.95. The van der Waals surface area contributed by atoms with Crippen LogP contribution in [-0.4, -0.2) is 30.1 Å². The normalized spacial score (nSPS) is 26.3. The Bertz CT molecular complexity index is 784. The van der Waals surface area contributed by atoms with Crippen LogP contribution in [0.3, 0.4) is 0 Å². The lowest BCUT2D eigenvalue weighted by molar-refractivity contribution is 0.0367. The van der Waals surface area contributed by atoms with Gasteiger partial charge in [0.25, 0.3) is 0 Å². The van der Waals surface area contributed by atoms with Crippen molar-refractivity contribution < 1.29 is 9.13 Å². The first-order chi connectivity index (χ1) is 12.6. The van der Waals surface area contributed by atoms with Crippen molar-refractivity contribution in [3.05, 3.63) is 64.4 Å². The maximum absolute atomic E-state index is 13.5. The summed E-state index contributed by atoms with van der Waals surface area (Å²) < 4.78 is 19.9. The van der Waals surface area contributed by atoms with Gasteiger partial charge in [-0.05, 0) is 55.5 Å². The lowest BCUT2D eigenvalue weighted by Crippen LogP contribution is -2.51. The van der Waals surface area contributed by atoms with Crippen molar-refractivity contribution >= 4 is 11.6 Å². The topological polar surface area (TPSA) is 38.5 Å². The first kappa shape index (κ1) is 17.8. The Balaban J connectivity index is 1.66. The Kier molecular flexibility index (Phi) is 5.16. The van der Waals surface area contributed by atoms with Crippen LogP contribution in [0.1, 0.15) is 36.5 Å². The zero-order chi connectivity index (χ0) is 18.1. The van der Waals surface area contributed by atoms with Gasteiger partial charge in [0, 0.05) is 18.7 Å². The van der Waals surface area contributed by atoms with Gasteiger partial charge in [0.1, 0.15) is 17.7 Å². The maximum Gasteiger partial charge on any atom is 0.142 e. The van der Waals surface area contributed by atoms with Crippen molar-refractivity contribution in [2.24, 2.45) is 5.73 Å². The summed E-state index contributed by atoms with van der Waals surface area (Å²) in [5, 5.41) is 0.0862. The molecular formula is C21H24ClFN2O. The van der Waals surface area contributed by atoms with Crippen LogP contribution in [0.2, 0.25) is 5.02 Å². The summed E-state index contributed by atoms with van der Waals surface area (Å²) in [7, 11) is 0. The minimum atomic E-state index is -0.429. The standard InChI is InChI=1S/C21H24ClFN2O/c22-18-12-16(8-9-19(18)23)26-21-17-6-2-1-4-14(17)7-10-20(21)25-11-3-5-15(24)13-25/h1-2,4,6,8-9,12,15,20-21H,3,5,7,10-11,13,24H2/t15-,20?,21?/m1/s1. The molecule has 0 saturated carbocycles. The number of nitrogens with two attached hydrogens (primary N) is 1. The van der Waals surface area contributed by atoms with E-state index >= 15 is 0 Å². The molecule has 1 saturated heterocycles. The van der Waals surface area contributed by atoms with Crippen LogP contribution in [0.5, 0.6) is 5.75 Å². The molecule has 1 fully saturated rings. The van der Waals surface area contributed by atoms with E-state index in [1.165, 1.54) is 17.2 Å². The van der Waals surface area contributed by atoms with Crippen LogP contribution in [0.15, 0.2) is 42.5 Å². The molecule has 1 aliphatic heterocycles. The molecule has 26 heavy (non-hydrogen) atoms. The lowest BCUT2D eigenvalue weighted by atomic mass is 9.84. The molecule has 0 amide bonds. The third-order valence-electron chi connectivity index (χ3n) is 5.53. The molecule has 0 radical (unpaired) electrons. The summed E-state index contributed by atoms with van der Waals surface area (Å²) in [6.45, 7) is 1.95. The van der Waals surface area contributed by atoms with Crippen molar-refractivity contribution in [3.8, 4) is 5.75 Å². The number of rotatable bonds is 3.